The smallest absolute Gasteiger partial charge is 0.312 e. The molecule has 29 heavy (non-hydrogen) atoms. The second kappa shape index (κ2) is 7.69. The number of carbonyl (C=O) groups is 1. The largest absolute Gasteiger partial charge is 0.453 e. The summed E-state index contributed by atoms with van der Waals surface area (Å²) in [7, 11) is 0. The molecule has 5 fully saturated rings. The normalized spacial score (nSPS) is 35.0. The fraction of sp³-hybridized carbons (Fsp3) is 0.955. The monoisotopic (exact) mass is 420 g/mol. The van der Waals surface area contributed by atoms with Gasteiger partial charge in [-0.3, -0.25) is 4.79 Å². The Morgan fingerprint density at radius 3 is 2.07 bits per heavy atom. The summed E-state index contributed by atoms with van der Waals surface area (Å²) in [5, 5.41) is 0. The molecule has 5 aliphatic rings. The van der Waals surface area contributed by atoms with Crippen LogP contribution in [0.25, 0.3) is 0 Å². The average molecular weight is 420 g/mol. The highest BCUT2D eigenvalue weighted by Crippen LogP contribution is 2.60. The van der Waals surface area contributed by atoms with Crippen LogP contribution in [0.15, 0.2) is 0 Å². The predicted octanol–water partition coefficient (Wildman–Crippen LogP) is 5.61. The predicted molar refractivity (Wildman–Crippen MR) is 98.8 cm³/mol. The van der Waals surface area contributed by atoms with Crippen molar-refractivity contribution in [3.05, 3.63) is 0 Å². The molecule has 0 amide bonds. The van der Waals surface area contributed by atoms with E-state index in [1.54, 1.807) is 0 Å². The lowest BCUT2D eigenvalue weighted by atomic mass is 9.49. The van der Waals surface area contributed by atoms with Gasteiger partial charge in [0.05, 0.1) is 18.4 Å². The topological polar surface area (TPSA) is 35.5 Å². The molecule has 1 atom stereocenters. The zero-order valence-corrected chi connectivity index (χ0v) is 17.1. The molecule has 0 heterocycles. The molecule has 0 aromatic heterocycles. The molecule has 5 aliphatic carbocycles. The van der Waals surface area contributed by atoms with Gasteiger partial charge in [-0.15, -0.1) is 0 Å². The van der Waals surface area contributed by atoms with Gasteiger partial charge in [-0.25, -0.2) is 17.6 Å². The van der Waals surface area contributed by atoms with Crippen molar-refractivity contribution in [2.45, 2.75) is 89.1 Å². The van der Waals surface area contributed by atoms with E-state index in [9.17, 15) is 22.4 Å². The summed E-state index contributed by atoms with van der Waals surface area (Å²) < 4.78 is 66.8. The quantitative estimate of drug-likeness (QED) is 0.262. The van der Waals surface area contributed by atoms with Crippen molar-refractivity contribution >= 4 is 5.97 Å². The van der Waals surface area contributed by atoms with E-state index in [1.807, 2.05) is 0 Å². The van der Waals surface area contributed by atoms with Gasteiger partial charge in [0, 0.05) is 6.61 Å². The molecule has 0 aromatic carbocycles. The minimum atomic E-state index is -3.84. The number of alkyl halides is 4. The summed E-state index contributed by atoms with van der Waals surface area (Å²) >= 11 is 0. The number of halogens is 4. The molecule has 0 N–H and O–H groups in total. The first kappa shape index (κ1) is 21.4. The highest BCUT2D eigenvalue weighted by Gasteiger charge is 2.57. The van der Waals surface area contributed by atoms with Crippen molar-refractivity contribution in [3.63, 3.8) is 0 Å². The number of hydrogen-bond acceptors (Lipinski definition) is 3. The first-order valence-corrected chi connectivity index (χ1v) is 11.1. The van der Waals surface area contributed by atoms with E-state index in [-0.39, 0.29) is 6.61 Å². The maximum absolute atomic E-state index is 14.7. The highest BCUT2D eigenvalue weighted by atomic mass is 19.3. The molecule has 1 unspecified atom stereocenters. The van der Waals surface area contributed by atoms with Crippen LogP contribution in [0.5, 0.6) is 0 Å². The Morgan fingerprint density at radius 1 is 1.03 bits per heavy atom. The molecule has 0 aliphatic heterocycles. The van der Waals surface area contributed by atoms with E-state index >= 15 is 0 Å². The van der Waals surface area contributed by atoms with E-state index in [0.717, 1.165) is 38.5 Å². The van der Waals surface area contributed by atoms with Crippen LogP contribution in [0.3, 0.4) is 0 Å². The first-order valence-electron chi connectivity index (χ1n) is 11.1. The third-order valence-electron chi connectivity index (χ3n) is 7.37. The van der Waals surface area contributed by atoms with Gasteiger partial charge in [0.2, 0.25) is 0 Å². The molecule has 4 bridgehead atoms. The summed E-state index contributed by atoms with van der Waals surface area (Å²) in [5.41, 5.74) is -0.703. The molecule has 0 radical (unpaired) electrons. The molecule has 5 rings (SSSR count). The van der Waals surface area contributed by atoms with E-state index in [1.165, 1.54) is 0 Å². The molecule has 166 valence electrons. The molecule has 7 heteroatoms. The lowest BCUT2D eigenvalue weighted by Gasteiger charge is -2.55. The SMILES string of the molecule is CC(F)(F)CC(F)(F)C(COCCC1CC1)OC(=O)C12CC3CC(CC(C3)C1)C2. The standard InChI is InChI=1S/C22H32F4O3/c1-20(23,24)13-22(25,26)18(12-28-5-4-14-2-3-14)29-19(27)21-9-15-6-16(10-21)8-17(7-15)11-21/h14-18H,2-13H2,1H3. The van der Waals surface area contributed by atoms with Crippen LogP contribution < -0.4 is 0 Å². The van der Waals surface area contributed by atoms with Gasteiger partial charge in [0.15, 0.2) is 6.10 Å². The van der Waals surface area contributed by atoms with E-state index in [0.29, 0.717) is 49.9 Å². The Kier molecular flexibility index (Phi) is 5.67. The fourth-order valence-electron chi connectivity index (χ4n) is 6.23. The molecule has 5 saturated carbocycles. The van der Waals surface area contributed by atoms with Crippen LogP contribution in [0.2, 0.25) is 0 Å². The zero-order valence-electron chi connectivity index (χ0n) is 17.1. The van der Waals surface area contributed by atoms with Crippen LogP contribution in [0, 0.1) is 29.1 Å². The molecule has 0 aromatic rings. The highest BCUT2D eigenvalue weighted by molar-refractivity contribution is 5.77. The van der Waals surface area contributed by atoms with Crippen LogP contribution in [-0.4, -0.2) is 37.1 Å². The number of ether oxygens (including phenoxy) is 2. The minimum absolute atomic E-state index is 0.286. The van der Waals surface area contributed by atoms with Crippen molar-refractivity contribution in [3.8, 4) is 0 Å². The van der Waals surface area contributed by atoms with Gasteiger partial charge in [0.25, 0.3) is 11.8 Å². The van der Waals surface area contributed by atoms with E-state index < -0.39 is 42.4 Å². The third kappa shape index (κ3) is 5.08. The van der Waals surface area contributed by atoms with Crippen molar-refractivity contribution in [1.82, 2.24) is 0 Å². The van der Waals surface area contributed by atoms with Gasteiger partial charge in [-0.2, -0.15) is 0 Å². The van der Waals surface area contributed by atoms with Gasteiger partial charge < -0.3 is 9.47 Å². The minimum Gasteiger partial charge on any atom is -0.453 e. The maximum atomic E-state index is 14.7. The van der Waals surface area contributed by atoms with Crippen molar-refractivity contribution in [2.75, 3.05) is 13.2 Å². The van der Waals surface area contributed by atoms with Crippen LogP contribution in [0.1, 0.15) is 71.1 Å². The number of rotatable bonds is 10. The third-order valence-corrected chi connectivity index (χ3v) is 7.37. The second-order valence-electron chi connectivity index (χ2n) is 10.4. The molecule has 0 spiro atoms. The fourth-order valence-corrected chi connectivity index (χ4v) is 6.23. The molecular weight excluding hydrogens is 388 g/mol. The van der Waals surface area contributed by atoms with Crippen molar-refractivity contribution < 1.29 is 31.8 Å². The van der Waals surface area contributed by atoms with Gasteiger partial charge in [-0.05, 0) is 75.5 Å². The average Bonchev–Trinajstić information content (AvgIpc) is 3.38. The van der Waals surface area contributed by atoms with Gasteiger partial charge in [-0.1, -0.05) is 12.8 Å². The lowest BCUT2D eigenvalue weighted by molar-refractivity contribution is -0.215. The Hall–Kier alpha value is -0.850. The summed E-state index contributed by atoms with van der Waals surface area (Å²) in [6, 6.07) is 0. The lowest BCUT2D eigenvalue weighted by Crippen LogP contribution is -2.53. The number of esters is 1. The number of hydrogen-bond donors (Lipinski definition) is 0. The van der Waals surface area contributed by atoms with Crippen LogP contribution >= 0.6 is 0 Å². The van der Waals surface area contributed by atoms with Crippen LogP contribution in [-0.2, 0) is 14.3 Å². The molecule has 3 nitrogen and oxygen atoms in total. The summed E-state index contributed by atoms with van der Waals surface area (Å²) in [4.78, 5) is 13.1. The Balaban J connectivity index is 1.42. The Morgan fingerprint density at radius 2 is 1.59 bits per heavy atom. The van der Waals surface area contributed by atoms with E-state index in [2.05, 4.69) is 0 Å². The second-order valence-corrected chi connectivity index (χ2v) is 10.4. The summed E-state index contributed by atoms with van der Waals surface area (Å²) in [5.74, 6) is -6.05. The maximum Gasteiger partial charge on any atom is 0.312 e. The Labute approximate surface area is 169 Å². The van der Waals surface area contributed by atoms with Gasteiger partial charge >= 0.3 is 5.97 Å². The van der Waals surface area contributed by atoms with Crippen LogP contribution in [0.4, 0.5) is 17.6 Å². The Bertz CT molecular complexity index is 576. The number of carbonyl (C=O) groups excluding carboxylic acids is 1. The van der Waals surface area contributed by atoms with Gasteiger partial charge in [0.1, 0.15) is 0 Å². The first-order chi connectivity index (χ1) is 13.5. The summed E-state index contributed by atoms with van der Waals surface area (Å²) in [6.07, 6.45) is 4.77. The molecule has 0 saturated heterocycles. The molecular formula is C22H32F4O3. The summed E-state index contributed by atoms with van der Waals surface area (Å²) in [6.45, 7) is 0.218. The zero-order chi connectivity index (χ0) is 20.9. The van der Waals surface area contributed by atoms with Crippen molar-refractivity contribution in [1.29, 1.82) is 0 Å². The van der Waals surface area contributed by atoms with Crippen molar-refractivity contribution in [2.24, 2.45) is 29.1 Å². The van der Waals surface area contributed by atoms with E-state index in [4.69, 9.17) is 9.47 Å².